The number of halogens is 1. The van der Waals surface area contributed by atoms with Gasteiger partial charge in [0.05, 0.1) is 6.10 Å². The molecular formula is C27H39BrO2. The summed E-state index contributed by atoms with van der Waals surface area (Å²) in [5.41, 5.74) is 2.88. The molecule has 3 aliphatic rings. The first-order chi connectivity index (χ1) is 14.5. The number of aliphatic hydroxyl groups excluding tert-OH is 1. The van der Waals surface area contributed by atoms with Gasteiger partial charge in [0, 0.05) is 5.33 Å². The third-order valence-corrected chi connectivity index (χ3v) is 9.63. The van der Waals surface area contributed by atoms with E-state index in [1.54, 1.807) is 0 Å². The molecule has 2 fully saturated rings. The van der Waals surface area contributed by atoms with Crippen molar-refractivity contribution in [1.29, 1.82) is 0 Å². The molecule has 2 saturated carbocycles. The maximum absolute atomic E-state index is 11.0. The highest BCUT2D eigenvalue weighted by Crippen LogP contribution is 2.69. The van der Waals surface area contributed by atoms with Gasteiger partial charge in [-0.05, 0) is 96.8 Å². The van der Waals surface area contributed by atoms with Crippen LogP contribution in [-0.4, -0.2) is 21.6 Å². The van der Waals surface area contributed by atoms with Crippen LogP contribution in [0.4, 0.5) is 0 Å². The van der Waals surface area contributed by atoms with Gasteiger partial charge in [0.15, 0.2) is 0 Å². The monoisotopic (exact) mass is 474 g/mol. The number of hydrogen-bond donors (Lipinski definition) is 2. The van der Waals surface area contributed by atoms with Crippen molar-refractivity contribution in [1.82, 2.24) is 0 Å². The second-order valence-corrected chi connectivity index (χ2v) is 11.3. The molecule has 1 aromatic rings. The lowest BCUT2D eigenvalue weighted by atomic mass is 9.44. The van der Waals surface area contributed by atoms with E-state index in [1.807, 2.05) is 12.1 Å². The van der Waals surface area contributed by atoms with Crippen LogP contribution in [0.1, 0.15) is 88.2 Å². The van der Waals surface area contributed by atoms with Crippen LogP contribution < -0.4 is 0 Å². The van der Waals surface area contributed by atoms with Crippen molar-refractivity contribution in [3.8, 4) is 5.75 Å². The number of allylic oxidation sites excluding steroid dienone is 1. The van der Waals surface area contributed by atoms with Crippen LogP contribution in [0.15, 0.2) is 30.9 Å². The van der Waals surface area contributed by atoms with Crippen LogP contribution in [-0.2, 0) is 6.42 Å². The van der Waals surface area contributed by atoms with Crippen LogP contribution in [0.25, 0.3) is 0 Å². The van der Waals surface area contributed by atoms with Gasteiger partial charge < -0.3 is 10.2 Å². The molecule has 0 radical (unpaired) electrons. The SMILES string of the molecule is C=C[C@@]12CCc3cc(O)ccc3[C@H]1[C@@H](CCCCCCCBr)C[C@@]1(C)[C@H]2CC[C@@H]1O. The fourth-order valence-electron chi connectivity index (χ4n) is 7.72. The number of fused-ring (bicyclic) bond motifs is 5. The van der Waals surface area contributed by atoms with Gasteiger partial charge in [-0.2, -0.15) is 0 Å². The zero-order valence-corrected chi connectivity index (χ0v) is 20.2. The zero-order valence-electron chi connectivity index (χ0n) is 18.6. The van der Waals surface area contributed by atoms with E-state index in [0.29, 0.717) is 23.5 Å². The minimum Gasteiger partial charge on any atom is -0.508 e. The molecule has 2 N–H and O–H groups in total. The summed E-state index contributed by atoms with van der Waals surface area (Å²) in [5, 5.41) is 22.2. The molecule has 166 valence electrons. The minimum absolute atomic E-state index is 0.0136. The van der Waals surface area contributed by atoms with Gasteiger partial charge in [-0.25, -0.2) is 0 Å². The number of benzene rings is 1. The van der Waals surface area contributed by atoms with Gasteiger partial charge in [0.2, 0.25) is 0 Å². The summed E-state index contributed by atoms with van der Waals surface area (Å²) in [6, 6.07) is 6.08. The van der Waals surface area contributed by atoms with Crippen molar-refractivity contribution in [2.45, 2.75) is 89.6 Å². The lowest BCUT2D eigenvalue weighted by Gasteiger charge is -2.60. The first-order valence-corrected chi connectivity index (χ1v) is 13.3. The number of alkyl halides is 1. The normalized spacial score (nSPS) is 37.3. The molecule has 1 aromatic carbocycles. The molecule has 0 saturated heterocycles. The van der Waals surface area contributed by atoms with Crippen molar-refractivity contribution >= 4 is 15.9 Å². The Labute approximate surface area is 191 Å². The first kappa shape index (κ1) is 22.4. The number of phenolic OH excluding ortho intramolecular Hbond substituents is 1. The van der Waals surface area contributed by atoms with Gasteiger partial charge in [-0.3, -0.25) is 0 Å². The molecule has 2 nitrogen and oxygen atoms in total. The number of hydrogen-bond acceptors (Lipinski definition) is 2. The predicted octanol–water partition coefficient (Wildman–Crippen LogP) is 7.13. The fourth-order valence-corrected chi connectivity index (χ4v) is 8.12. The molecule has 0 aromatic heterocycles. The standard InChI is InChI=1S/C27H39BrO2/c1-3-27-15-14-19-17-21(29)10-11-22(19)25(27)20(9-7-5-4-6-8-16-28)18-26(2)23(27)12-13-24(26)30/h3,10-11,17,20,23-25,29-30H,1,4-9,12-16,18H2,2H3/t20-,23+,24-,25+,26-,27-/m0/s1. The van der Waals surface area contributed by atoms with Gasteiger partial charge in [0.1, 0.15) is 5.75 Å². The summed E-state index contributed by atoms with van der Waals surface area (Å²) in [7, 11) is 0. The zero-order chi connectivity index (χ0) is 21.4. The lowest BCUT2D eigenvalue weighted by molar-refractivity contribution is -0.0812. The number of aryl methyl sites for hydroxylation is 1. The quantitative estimate of drug-likeness (QED) is 0.239. The van der Waals surface area contributed by atoms with Crippen molar-refractivity contribution in [3.05, 3.63) is 42.0 Å². The van der Waals surface area contributed by atoms with Crippen LogP contribution in [0.2, 0.25) is 0 Å². The largest absolute Gasteiger partial charge is 0.508 e. The summed E-state index contributed by atoms with van der Waals surface area (Å²) < 4.78 is 0. The Kier molecular flexibility index (Phi) is 6.70. The minimum atomic E-state index is -0.178. The highest BCUT2D eigenvalue weighted by molar-refractivity contribution is 9.09. The van der Waals surface area contributed by atoms with Crippen molar-refractivity contribution < 1.29 is 10.2 Å². The second kappa shape index (κ2) is 8.98. The van der Waals surface area contributed by atoms with E-state index in [4.69, 9.17) is 0 Å². The van der Waals surface area contributed by atoms with Gasteiger partial charge in [0.25, 0.3) is 0 Å². The molecule has 3 aliphatic carbocycles. The van der Waals surface area contributed by atoms with E-state index < -0.39 is 0 Å². The van der Waals surface area contributed by atoms with Crippen LogP contribution in [0.3, 0.4) is 0 Å². The topological polar surface area (TPSA) is 40.5 Å². The Hall–Kier alpha value is -0.800. The maximum atomic E-state index is 11.0. The average molecular weight is 476 g/mol. The van der Waals surface area contributed by atoms with Crippen molar-refractivity contribution in [3.63, 3.8) is 0 Å². The number of rotatable bonds is 8. The number of phenols is 1. The number of aromatic hydroxyl groups is 1. The molecule has 30 heavy (non-hydrogen) atoms. The van der Waals surface area contributed by atoms with Gasteiger partial charge >= 0.3 is 0 Å². The number of unbranched alkanes of at least 4 members (excludes halogenated alkanes) is 4. The molecular weight excluding hydrogens is 436 g/mol. The van der Waals surface area contributed by atoms with E-state index >= 15 is 0 Å². The smallest absolute Gasteiger partial charge is 0.115 e. The Morgan fingerprint density at radius 1 is 1.17 bits per heavy atom. The second-order valence-electron chi connectivity index (χ2n) is 10.5. The highest BCUT2D eigenvalue weighted by Gasteiger charge is 2.63. The third kappa shape index (κ3) is 3.68. The molecule has 0 bridgehead atoms. The molecule has 0 unspecified atom stereocenters. The molecule has 0 spiro atoms. The van der Waals surface area contributed by atoms with E-state index in [-0.39, 0.29) is 16.9 Å². The molecule has 0 amide bonds. The Morgan fingerprint density at radius 2 is 1.93 bits per heavy atom. The van der Waals surface area contributed by atoms with E-state index in [9.17, 15) is 10.2 Å². The van der Waals surface area contributed by atoms with Crippen molar-refractivity contribution in [2.75, 3.05) is 5.33 Å². The van der Waals surface area contributed by atoms with Crippen LogP contribution in [0.5, 0.6) is 5.75 Å². The first-order valence-electron chi connectivity index (χ1n) is 12.2. The van der Waals surface area contributed by atoms with E-state index in [0.717, 1.165) is 37.4 Å². The summed E-state index contributed by atoms with van der Waals surface area (Å²) in [6.45, 7) is 6.76. The fraction of sp³-hybridized carbons (Fsp3) is 0.704. The molecule has 3 heteroatoms. The number of aliphatic hydroxyl groups is 1. The summed E-state index contributed by atoms with van der Waals surface area (Å²) >= 11 is 3.54. The summed E-state index contributed by atoms with van der Waals surface area (Å²) in [4.78, 5) is 0. The molecule has 0 heterocycles. The average Bonchev–Trinajstić information content (AvgIpc) is 3.04. The van der Waals surface area contributed by atoms with E-state index in [2.05, 4.69) is 41.6 Å². The van der Waals surface area contributed by atoms with Gasteiger partial charge in [-0.15, -0.1) is 6.58 Å². The summed E-state index contributed by atoms with van der Waals surface area (Å²) in [6.07, 6.45) is 15.1. The maximum Gasteiger partial charge on any atom is 0.115 e. The Bertz CT molecular complexity index is 761. The predicted molar refractivity (Wildman–Crippen MR) is 128 cm³/mol. The van der Waals surface area contributed by atoms with Crippen LogP contribution >= 0.6 is 15.9 Å². The van der Waals surface area contributed by atoms with Crippen LogP contribution in [0, 0.1) is 22.7 Å². The third-order valence-electron chi connectivity index (χ3n) is 9.06. The van der Waals surface area contributed by atoms with E-state index in [1.165, 1.54) is 49.7 Å². The Morgan fingerprint density at radius 3 is 2.70 bits per heavy atom. The molecule has 6 atom stereocenters. The summed E-state index contributed by atoms with van der Waals surface area (Å²) in [5.74, 6) is 1.96. The molecule has 4 rings (SSSR count). The highest BCUT2D eigenvalue weighted by atomic mass is 79.9. The lowest BCUT2D eigenvalue weighted by Crippen LogP contribution is -2.54. The van der Waals surface area contributed by atoms with Crippen molar-refractivity contribution in [2.24, 2.45) is 22.7 Å². The van der Waals surface area contributed by atoms with Gasteiger partial charge in [-0.1, -0.05) is 60.7 Å². The molecule has 0 aliphatic heterocycles. The Balaban J connectivity index is 1.65.